The summed E-state index contributed by atoms with van der Waals surface area (Å²) >= 11 is 1.53. The zero-order chi connectivity index (χ0) is 16.2. The van der Waals surface area contributed by atoms with Crippen molar-refractivity contribution >= 4 is 17.7 Å². The average Bonchev–Trinajstić information content (AvgIpc) is 2.95. The Morgan fingerprint density at radius 1 is 1.13 bits per heavy atom. The topological polar surface area (TPSA) is 51.0 Å². The van der Waals surface area contributed by atoms with Crippen molar-refractivity contribution in [3.63, 3.8) is 0 Å². The van der Waals surface area contributed by atoms with Gasteiger partial charge in [-0.1, -0.05) is 37.9 Å². The van der Waals surface area contributed by atoms with Gasteiger partial charge in [-0.3, -0.25) is 4.79 Å². The number of nitrogens with zero attached hydrogens (tertiary/aromatic N) is 4. The number of likely N-dealkylation sites (tertiary alicyclic amines) is 1. The van der Waals surface area contributed by atoms with Crippen molar-refractivity contribution in [2.75, 3.05) is 18.8 Å². The Morgan fingerprint density at radius 2 is 1.83 bits per heavy atom. The zero-order valence-electron chi connectivity index (χ0n) is 14.3. The summed E-state index contributed by atoms with van der Waals surface area (Å²) in [4.78, 5) is 14.4. The van der Waals surface area contributed by atoms with Crippen LogP contribution < -0.4 is 0 Å². The van der Waals surface area contributed by atoms with Crippen LogP contribution in [-0.2, 0) is 11.8 Å². The number of piperidine rings is 1. The first-order valence-corrected chi connectivity index (χ1v) is 9.93. The van der Waals surface area contributed by atoms with E-state index in [1.54, 1.807) is 0 Å². The molecule has 23 heavy (non-hydrogen) atoms. The number of hydrogen-bond acceptors (Lipinski definition) is 4. The van der Waals surface area contributed by atoms with Crippen molar-refractivity contribution in [1.29, 1.82) is 0 Å². The van der Waals surface area contributed by atoms with Gasteiger partial charge in [0.25, 0.3) is 0 Å². The Morgan fingerprint density at radius 3 is 2.52 bits per heavy atom. The summed E-state index contributed by atoms with van der Waals surface area (Å²) in [6.45, 7) is 4.09. The fourth-order valence-electron chi connectivity index (χ4n) is 3.64. The van der Waals surface area contributed by atoms with Crippen LogP contribution in [0.15, 0.2) is 5.16 Å². The lowest BCUT2D eigenvalue weighted by Gasteiger charge is -2.30. The van der Waals surface area contributed by atoms with Crippen molar-refractivity contribution in [3.05, 3.63) is 5.82 Å². The standard InChI is InChI=1S/C17H28N4OS/c1-13-8-10-21(11-9-13)15(22)12-23-17-19-18-16(20(17)2)14-6-4-3-5-7-14/h13-14H,3-12H2,1-2H3. The van der Waals surface area contributed by atoms with Gasteiger partial charge in [-0.05, 0) is 31.6 Å². The summed E-state index contributed by atoms with van der Waals surface area (Å²) in [5, 5.41) is 9.61. The van der Waals surface area contributed by atoms with Crippen LogP contribution in [0.3, 0.4) is 0 Å². The van der Waals surface area contributed by atoms with Gasteiger partial charge in [-0.15, -0.1) is 10.2 Å². The molecule has 6 heteroatoms. The van der Waals surface area contributed by atoms with E-state index in [4.69, 9.17) is 0 Å². The lowest BCUT2D eigenvalue weighted by Crippen LogP contribution is -2.38. The molecule has 1 saturated carbocycles. The molecular formula is C17H28N4OS. The van der Waals surface area contributed by atoms with Crippen molar-refractivity contribution in [2.45, 2.75) is 62.9 Å². The van der Waals surface area contributed by atoms with E-state index in [2.05, 4.69) is 21.7 Å². The van der Waals surface area contributed by atoms with Gasteiger partial charge in [0.1, 0.15) is 5.82 Å². The highest BCUT2D eigenvalue weighted by atomic mass is 32.2. The van der Waals surface area contributed by atoms with Gasteiger partial charge < -0.3 is 9.47 Å². The predicted octanol–water partition coefficient (Wildman–Crippen LogP) is 3.21. The Labute approximate surface area is 143 Å². The normalized spacial score (nSPS) is 20.9. The fraction of sp³-hybridized carbons (Fsp3) is 0.824. The number of aromatic nitrogens is 3. The minimum absolute atomic E-state index is 0.240. The molecule has 0 atom stereocenters. The first-order valence-electron chi connectivity index (χ1n) is 8.95. The second kappa shape index (κ2) is 7.69. The second-order valence-electron chi connectivity index (χ2n) is 7.09. The van der Waals surface area contributed by atoms with E-state index in [0.717, 1.165) is 42.8 Å². The van der Waals surface area contributed by atoms with Gasteiger partial charge in [0, 0.05) is 26.1 Å². The van der Waals surface area contributed by atoms with Crippen LogP contribution in [0.1, 0.15) is 63.6 Å². The molecule has 1 aromatic heterocycles. The monoisotopic (exact) mass is 336 g/mol. The minimum atomic E-state index is 0.240. The maximum Gasteiger partial charge on any atom is 0.233 e. The molecule has 1 aliphatic heterocycles. The third-order valence-electron chi connectivity index (χ3n) is 5.30. The summed E-state index contributed by atoms with van der Waals surface area (Å²) in [6, 6.07) is 0. The van der Waals surface area contributed by atoms with Gasteiger partial charge in [-0.25, -0.2) is 0 Å². The molecule has 0 spiro atoms. The third kappa shape index (κ3) is 4.08. The summed E-state index contributed by atoms with van der Waals surface area (Å²) in [5.74, 6) is 3.12. The molecule has 5 nitrogen and oxygen atoms in total. The van der Waals surface area contributed by atoms with Crippen molar-refractivity contribution in [2.24, 2.45) is 13.0 Å². The van der Waals surface area contributed by atoms with Crippen molar-refractivity contribution in [1.82, 2.24) is 19.7 Å². The van der Waals surface area contributed by atoms with Crippen LogP contribution in [0.2, 0.25) is 0 Å². The molecule has 2 aliphatic rings. The highest BCUT2D eigenvalue weighted by molar-refractivity contribution is 7.99. The largest absolute Gasteiger partial charge is 0.342 e. The number of amides is 1. The highest BCUT2D eigenvalue weighted by Crippen LogP contribution is 2.32. The van der Waals surface area contributed by atoms with E-state index < -0.39 is 0 Å². The van der Waals surface area contributed by atoms with Gasteiger partial charge in [0.15, 0.2) is 5.16 Å². The smallest absolute Gasteiger partial charge is 0.233 e. The van der Waals surface area contributed by atoms with E-state index in [0.29, 0.717) is 11.7 Å². The van der Waals surface area contributed by atoms with Gasteiger partial charge in [-0.2, -0.15) is 0 Å². The van der Waals surface area contributed by atoms with E-state index in [1.165, 1.54) is 43.9 Å². The zero-order valence-corrected chi connectivity index (χ0v) is 15.1. The molecule has 128 valence electrons. The van der Waals surface area contributed by atoms with E-state index >= 15 is 0 Å². The molecule has 1 amide bonds. The Bertz CT molecular complexity index is 531. The molecule has 0 aromatic carbocycles. The van der Waals surface area contributed by atoms with Gasteiger partial charge >= 0.3 is 0 Å². The Kier molecular flexibility index (Phi) is 5.62. The molecule has 3 rings (SSSR count). The summed E-state index contributed by atoms with van der Waals surface area (Å²) in [5.41, 5.74) is 0. The summed E-state index contributed by atoms with van der Waals surface area (Å²) < 4.78 is 2.10. The molecule has 2 heterocycles. The molecule has 0 N–H and O–H groups in total. The first-order chi connectivity index (χ1) is 11.1. The lowest BCUT2D eigenvalue weighted by atomic mass is 9.89. The van der Waals surface area contributed by atoms with Crippen LogP contribution in [0.25, 0.3) is 0 Å². The third-order valence-corrected chi connectivity index (χ3v) is 6.30. The maximum atomic E-state index is 12.3. The molecule has 0 bridgehead atoms. The number of carbonyl (C=O) groups excluding carboxylic acids is 1. The Hall–Kier alpha value is -1.04. The number of hydrogen-bond donors (Lipinski definition) is 0. The Balaban J connectivity index is 1.54. The second-order valence-corrected chi connectivity index (χ2v) is 8.03. The molecule has 1 aromatic rings. The molecule has 1 aliphatic carbocycles. The molecular weight excluding hydrogens is 308 g/mol. The quantitative estimate of drug-likeness (QED) is 0.792. The molecule has 2 fully saturated rings. The lowest BCUT2D eigenvalue weighted by molar-refractivity contribution is -0.129. The fourth-order valence-corrected chi connectivity index (χ4v) is 4.46. The van der Waals surface area contributed by atoms with Crippen LogP contribution >= 0.6 is 11.8 Å². The SMILES string of the molecule is CC1CCN(C(=O)CSc2nnc(C3CCCCC3)n2C)CC1. The molecule has 0 unspecified atom stereocenters. The van der Waals surface area contributed by atoms with E-state index in [-0.39, 0.29) is 5.91 Å². The first kappa shape index (κ1) is 16.8. The van der Waals surface area contributed by atoms with Crippen LogP contribution in [-0.4, -0.2) is 44.4 Å². The van der Waals surface area contributed by atoms with E-state index in [1.807, 2.05) is 11.9 Å². The van der Waals surface area contributed by atoms with Crippen LogP contribution in [0, 0.1) is 5.92 Å². The average molecular weight is 337 g/mol. The summed E-state index contributed by atoms with van der Waals surface area (Å²) in [6.07, 6.45) is 8.65. The highest BCUT2D eigenvalue weighted by Gasteiger charge is 2.24. The van der Waals surface area contributed by atoms with Gasteiger partial charge in [0.2, 0.25) is 5.91 Å². The number of rotatable bonds is 4. The van der Waals surface area contributed by atoms with E-state index in [9.17, 15) is 4.79 Å². The van der Waals surface area contributed by atoms with Gasteiger partial charge in [0.05, 0.1) is 5.75 Å². The number of carbonyl (C=O) groups is 1. The van der Waals surface area contributed by atoms with Crippen molar-refractivity contribution < 1.29 is 4.79 Å². The summed E-state index contributed by atoms with van der Waals surface area (Å²) in [7, 11) is 2.04. The van der Waals surface area contributed by atoms with Crippen molar-refractivity contribution in [3.8, 4) is 0 Å². The number of thioether (sulfide) groups is 1. The maximum absolute atomic E-state index is 12.3. The van der Waals surface area contributed by atoms with Crippen LogP contribution in [0.4, 0.5) is 0 Å². The predicted molar refractivity (Wildman–Crippen MR) is 92.5 cm³/mol. The molecule has 0 radical (unpaired) electrons. The molecule has 1 saturated heterocycles. The van der Waals surface area contributed by atoms with Crippen LogP contribution in [0.5, 0.6) is 0 Å². The minimum Gasteiger partial charge on any atom is -0.342 e.